The van der Waals surface area contributed by atoms with Crippen molar-refractivity contribution < 1.29 is 13.2 Å². The molecule has 3 rings (SSSR count). The number of piperidine rings is 2. The van der Waals surface area contributed by atoms with Crippen molar-refractivity contribution in [1.82, 2.24) is 9.21 Å². The number of amides is 1. The summed E-state index contributed by atoms with van der Waals surface area (Å²) in [5, 5.41) is 1.27. The fourth-order valence-corrected chi connectivity index (χ4v) is 4.77. The zero-order chi connectivity index (χ0) is 17.7. The molecule has 2 heterocycles. The summed E-state index contributed by atoms with van der Waals surface area (Å²) < 4.78 is 26.5. The first kappa shape index (κ1) is 18.1. The van der Waals surface area contributed by atoms with Crippen molar-refractivity contribution in [2.75, 3.05) is 26.2 Å². The Balaban J connectivity index is 1.56. The van der Waals surface area contributed by atoms with Gasteiger partial charge in [-0.15, -0.1) is 0 Å². The van der Waals surface area contributed by atoms with E-state index in [2.05, 4.69) is 0 Å². The molecule has 6 heteroatoms. The largest absolute Gasteiger partial charge is 0.342 e. The summed E-state index contributed by atoms with van der Waals surface area (Å²) in [6.07, 6.45) is 6.24. The molecule has 2 aliphatic rings. The van der Waals surface area contributed by atoms with Crippen molar-refractivity contribution in [1.29, 1.82) is 0 Å². The first-order valence-electron chi connectivity index (χ1n) is 9.08. The normalized spacial score (nSPS) is 20.9. The van der Waals surface area contributed by atoms with E-state index in [-0.39, 0.29) is 11.8 Å². The molecule has 5 nitrogen and oxygen atoms in total. The number of carbonyl (C=O) groups is 1. The number of benzene rings is 1. The average molecular weight is 362 g/mol. The fraction of sp³-hybridized carbons (Fsp3) is 0.526. The van der Waals surface area contributed by atoms with E-state index in [1.807, 2.05) is 35.2 Å². The first-order chi connectivity index (χ1) is 12.1. The van der Waals surface area contributed by atoms with Crippen LogP contribution in [0.15, 0.2) is 35.7 Å². The second kappa shape index (κ2) is 8.15. The molecule has 0 saturated carbocycles. The lowest BCUT2D eigenvalue weighted by Gasteiger charge is -2.34. The van der Waals surface area contributed by atoms with Crippen LogP contribution >= 0.6 is 0 Å². The SMILES string of the molecule is O=C(C1CCN(S(=O)(=O)/C=C/c2ccccc2)CC1)N1CCCCC1. The molecule has 2 saturated heterocycles. The molecule has 0 aliphatic carbocycles. The third kappa shape index (κ3) is 4.70. The van der Waals surface area contributed by atoms with Crippen LogP contribution in [0, 0.1) is 5.92 Å². The molecule has 2 fully saturated rings. The highest BCUT2D eigenvalue weighted by Gasteiger charge is 2.32. The Labute approximate surface area is 150 Å². The van der Waals surface area contributed by atoms with Crippen LogP contribution in [0.1, 0.15) is 37.7 Å². The summed E-state index contributed by atoms with van der Waals surface area (Å²) in [6, 6.07) is 9.40. The topological polar surface area (TPSA) is 57.7 Å². The molecule has 1 amide bonds. The van der Waals surface area contributed by atoms with Gasteiger partial charge in [-0.1, -0.05) is 30.3 Å². The molecule has 0 spiro atoms. The van der Waals surface area contributed by atoms with Gasteiger partial charge in [-0.05, 0) is 43.7 Å². The van der Waals surface area contributed by atoms with Gasteiger partial charge < -0.3 is 4.90 Å². The third-order valence-electron chi connectivity index (χ3n) is 5.06. The Morgan fingerprint density at radius 1 is 0.960 bits per heavy atom. The van der Waals surface area contributed by atoms with Crippen molar-refractivity contribution in [3.8, 4) is 0 Å². The van der Waals surface area contributed by atoms with Crippen LogP contribution < -0.4 is 0 Å². The van der Waals surface area contributed by atoms with E-state index in [1.54, 1.807) is 6.08 Å². The Morgan fingerprint density at radius 3 is 2.24 bits per heavy atom. The highest BCUT2D eigenvalue weighted by molar-refractivity contribution is 7.92. The van der Waals surface area contributed by atoms with Gasteiger partial charge >= 0.3 is 0 Å². The number of hydrogen-bond acceptors (Lipinski definition) is 3. The molecular formula is C19H26N2O3S. The molecule has 0 aromatic heterocycles. The maximum absolute atomic E-state index is 12.6. The van der Waals surface area contributed by atoms with E-state index < -0.39 is 10.0 Å². The van der Waals surface area contributed by atoms with Crippen LogP contribution in [0.3, 0.4) is 0 Å². The average Bonchev–Trinajstić information content (AvgIpc) is 2.67. The van der Waals surface area contributed by atoms with Gasteiger partial charge in [0.25, 0.3) is 0 Å². The monoisotopic (exact) mass is 362 g/mol. The van der Waals surface area contributed by atoms with Crippen molar-refractivity contribution >= 4 is 22.0 Å². The standard InChI is InChI=1S/C19H26N2O3S/c22-19(20-12-5-2-6-13-20)18-9-14-21(15-10-18)25(23,24)16-11-17-7-3-1-4-8-17/h1,3-4,7-8,11,16,18H,2,5-6,9-10,12-15H2/b16-11+. The number of rotatable bonds is 4. The van der Waals surface area contributed by atoms with Crippen LogP contribution in [0.2, 0.25) is 0 Å². The summed E-state index contributed by atoms with van der Waals surface area (Å²) in [7, 11) is -3.43. The van der Waals surface area contributed by atoms with E-state index in [9.17, 15) is 13.2 Å². The van der Waals surface area contributed by atoms with Crippen LogP contribution in [0.4, 0.5) is 0 Å². The summed E-state index contributed by atoms with van der Waals surface area (Å²) in [6.45, 7) is 2.56. The second-order valence-electron chi connectivity index (χ2n) is 6.82. The minimum atomic E-state index is -3.43. The van der Waals surface area contributed by atoms with Crippen LogP contribution in [0.25, 0.3) is 6.08 Å². The maximum atomic E-state index is 12.6. The van der Waals surface area contributed by atoms with Crippen LogP contribution in [-0.2, 0) is 14.8 Å². The number of sulfonamides is 1. The van der Waals surface area contributed by atoms with E-state index in [1.165, 1.54) is 16.1 Å². The summed E-state index contributed by atoms with van der Waals surface area (Å²) in [4.78, 5) is 14.5. The van der Waals surface area contributed by atoms with Crippen LogP contribution in [0.5, 0.6) is 0 Å². The minimum absolute atomic E-state index is 0.0253. The number of nitrogens with zero attached hydrogens (tertiary/aromatic N) is 2. The van der Waals surface area contributed by atoms with Gasteiger partial charge in [0.05, 0.1) is 0 Å². The van der Waals surface area contributed by atoms with Crippen molar-refractivity contribution in [3.63, 3.8) is 0 Å². The van der Waals surface area contributed by atoms with Gasteiger partial charge in [-0.2, -0.15) is 4.31 Å². The van der Waals surface area contributed by atoms with Crippen molar-refractivity contribution in [2.45, 2.75) is 32.1 Å². The zero-order valence-electron chi connectivity index (χ0n) is 14.5. The van der Waals surface area contributed by atoms with E-state index in [0.717, 1.165) is 31.5 Å². The lowest BCUT2D eigenvalue weighted by Crippen LogP contribution is -2.45. The zero-order valence-corrected chi connectivity index (χ0v) is 15.3. The Kier molecular flexibility index (Phi) is 5.91. The Hall–Kier alpha value is -1.66. The fourth-order valence-electron chi connectivity index (χ4n) is 3.54. The summed E-state index contributed by atoms with van der Waals surface area (Å²) in [5.41, 5.74) is 0.862. The lowest BCUT2D eigenvalue weighted by molar-refractivity contribution is -0.137. The number of carbonyl (C=O) groups excluding carboxylic acids is 1. The van der Waals surface area contributed by atoms with Gasteiger partial charge in [0, 0.05) is 37.5 Å². The molecule has 2 aliphatic heterocycles. The Morgan fingerprint density at radius 2 is 1.60 bits per heavy atom. The Bertz CT molecular complexity index is 701. The first-order valence-corrected chi connectivity index (χ1v) is 10.6. The minimum Gasteiger partial charge on any atom is -0.342 e. The predicted octanol–water partition coefficient (Wildman–Crippen LogP) is 2.71. The molecule has 136 valence electrons. The van der Waals surface area contributed by atoms with Gasteiger partial charge in [0.1, 0.15) is 0 Å². The molecule has 1 aromatic rings. The number of hydrogen-bond donors (Lipinski definition) is 0. The van der Waals surface area contributed by atoms with Crippen LogP contribution in [-0.4, -0.2) is 49.7 Å². The van der Waals surface area contributed by atoms with Gasteiger partial charge in [-0.25, -0.2) is 8.42 Å². The lowest BCUT2D eigenvalue weighted by atomic mass is 9.95. The molecule has 0 radical (unpaired) electrons. The third-order valence-corrected chi connectivity index (χ3v) is 6.63. The highest BCUT2D eigenvalue weighted by atomic mass is 32.2. The molecule has 0 N–H and O–H groups in total. The maximum Gasteiger partial charge on any atom is 0.236 e. The van der Waals surface area contributed by atoms with E-state index in [4.69, 9.17) is 0 Å². The quantitative estimate of drug-likeness (QED) is 0.827. The van der Waals surface area contributed by atoms with E-state index in [0.29, 0.717) is 25.9 Å². The van der Waals surface area contributed by atoms with E-state index >= 15 is 0 Å². The second-order valence-corrected chi connectivity index (χ2v) is 8.64. The molecular weight excluding hydrogens is 336 g/mol. The van der Waals surface area contributed by atoms with Gasteiger partial charge in [-0.3, -0.25) is 4.79 Å². The molecule has 0 bridgehead atoms. The molecule has 0 unspecified atom stereocenters. The molecule has 25 heavy (non-hydrogen) atoms. The van der Waals surface area contributed by atoms with Gasteiger partial charge in [0.15, 0.2) is 0 Å². The molecule has 1 aromatic carbocycles. The van der Waals surface area contributed by atoms with Crippen molar-refractivity contribution in [2.24, 2.45) is 5.92 Å². The molecule has 0 atom stereocenters. The highest BCUT2D eigenvalue weighted by Crippen LogP contribution is 2.24. The summed E-state index contributed by atoms with van der Waals surface area (Å²) in [5.74, 6) is 0.194. The van der Waals surface area contributed by atoms with Gasteiger partial charge in [0.2, 0.25) is 15.9 Å². The smallest absolute Gasteiger partial charge is 0.236 e. The van der Waals surface area contributed by atoms with Crippen molar-refractivity contribution in [3.05, 3.63) is 41.3 Å². The summed E-state index contributed by atoms with van der Waals surface area (Å²) >= 11 is 0. The number of likely N-dealkylation sites (tertiary alicyclic amines) is 1. The predicted molar refractivity (Wildman–Crippen MR) is 99.1 cm³/mol.